The molecule has 1 aromatic heterocycles. The van der Waals surface area contributed by atoms with E-state index in [1.54, 1.807) is 0 Å². The zero-order chi connectivity index (χ0) is 17.1. The van der Waals surface area contributed by atoms with Crippen LogP contribution in [0, 0.1) is 0 Å². The Morgan fingerprint density at radius 2 is 1.92 bits per heavy atom. The van der Waals surface area contributed by atoms with Crippen LogP contribution in [-0.2, 0) is 18.4 Å². The molecule has 1 atom stereocenters. The van der Waals surface area contributed by atoms with Crippen molar-refractivity contribution in [1.29, 1.82) is 0 Å². The van der Waals surface area contributed by atoms with Crippen molar-refractivity contribution in [1.82, 2.24) is 19.6 Å². The number of nitrogens with zero attached hydrogens (tertiary/aromatic N) is 4. The fraction of sp³-hybridized carbons (Fsp3) is 0.778. The molecule has 1 aromatic rings. The minimum Gasteiger partial charge on any atom is -0.368 e. The molecule has 0 radical (unpaired) electrons. The number of hydrogen-bond donors (Lipinski definition) is 1. The molecule has 2 aliphatic rings. The van der Waals surface area contributed by atoms with Gasteiger partial charge in [0.1, 0.15) is 0 Å². The van der Waals surface area contributed by atoms with Crippen LogP contribution < -0.4 is 5.73 Å². The first kappa shape index (κ1) is 17.4. The average molecular weight is 333 g/mol. The lowest BCUT2D eigenvalue weighted by Gasteiger charge is -2.37. The molecule has 24 heavy (non-hydrogen) atoms. The fourth-order valence-electron chi connectivity index (χ4n) is 4.13. The summed E-state index contributed by atoms with van der Waals surface area (Å²) in [5.74, 6) is 0.418. The van der Waals surface area contributed by atoms with E-state index in [1.807, 2.05) is 18.7 Å². The highest BCUT2D eigenvalue weighted by atomic mass is 16.1. The topological polar surface area (TPSA) is 67.4 Å². The lowest BCUT2D eigenvalue weighted by atomic mass is 9.85. The van der Waals surface area contributed by atoms with Crippen molar-refractivity contribution in [3.8, 4) is 0 Å². The van der Waals surface area contributed by atoms with Crippen LogP contribution in [0.5, 0.6) is 0 Å². The van der Waals surface area contributed by atoms with Gasteiger partial charge in [0.05, 0.1) is 11.7 Å². The van der Waals surface area contributed by atoms with Crippen LogP contribution in [0.2, 0.25) is 0 Å². The highest BCUT2D eigenvalue weighted by Gasteiger charge is 2.26. The number of nitrogens with two attached hydrogens (primary N) is 1. The van der Waals surface area contributed by atoms with Gasteiger partial charge in [-0.15, -0.1) is 0 Å². The van der Waals surface area contributed by atoms with Gasteiger partial charge >= 0.3 is 0 Å². The van der Waals surface area contributed by atoms with Crippen LogP contribution in [0.3, 0.4) is 0 Å². The molecule has 3 rings (SSSR count). The van der Waals surface area contributed by atoms with Gasteiger partial charge < -0.3 is 5.73 Å². The zero-order valence-electron chi connectivity index (χ0n) is 15.1. The number of hydrogen-bond acceptors (Lipinski definition) is 4. The molecular formula is C18H31N5O. The van der Waals surface area contributed by atoms with Gasteiger partial charge in [0, 0.05) is 57.4 Å². The van der Waals surface area contributed by atoms with E-state index in [1.165, 1.54) is 43.4 Å². The second kappa shape index (κ2) is 7.66. The summed E-state index contributed by atoms with van der Waals surface area (Å²) in [4.78, 5) is 16.0. The lowest BCUT2D eigenvalue weighted by Crippen LogP contribution is -2.52. The van der Waals surface area contributed by atoms with Crippen molar-refractivity contribution in [2.24, 2.45) is 12.8 Å². The van der Waals surface area contributed by atoms with Crippen LogP contribution in [-0.4, -0.2) is 57.7 Å². The Balaban J connectivity index is 1.60. The highest BCUT2D eigenvalue weighted by Crippen LogP contribution is 2.33. The van der Waals surface area contributed by atoms with Crippen molar-refractivity contribution >= 4 is 5.91 Å². The monoisotopic (exact) mass is 333 g/mol. The summed E-state index contributed by atoms with van der Waals surface area (Å²) in [7, 11) is 2.03. The third-order valence-electron chi connectivity index (χ3n) is 5.69. The molecule has 0 bridgehead atoms. The average Bonchev–Trinajstić information content (AvgIpc) is 2.96. The summed E-state index contributed by atoms with van der Waals surface area (Å²) in [5, 5.41) is 4.78. The zero-order valence-corrected chi connectivity index (χ0v) is 15.1. The maximum atomic E-state index is 11.3. The van der Waals surface area contributed by atoms with Crippen LogP contribution >= 0.6 is 0 Å². The van der Waals surface area contributed by atoms with E-state index in [4.69, 9.17) is 10.8 Å². The number of rotatable bonds is 5. The number of carbonyl (C=O) groups is 1. The number of carbonyl (C=O) groups excluding carboxylic acids is 1. The fourth-order valence-corrected chi connectivity index (χ4v) is 4.13. The van der Waals surface area contributed by atoms with Crippen molar-refractivity contribution in [3.63, 3.8) is 0 Å². The van der Waals surface area contributed by atoms with Gasteiger partial charge in [-0.25, -0.2) is 0 Å². The molecule has 0 spiro atoms. The lowest BCUT2D eigenvalue weighted by molar-refractivity contribution is -0.123. The van der Waals surface area contributed by atoms with Crippen LogP contribution in [0.15, 0.2) is 6.20 Å². The maximum absolute atomic E-state index is 11.3. The van der Waals surface area contributed by atoms with Gasteiger partial charge in [-0.3, -0.25) is 19.3 Å². The van der Waals surface area contributed by atoms with Crippen molar-refractivity contribution < 1.29 is 4.79 Å². The molecule has 1 saturated carbocycles. The van der Waals surface area contributed by atoms with Crippen LogP contribution in [0.25, 0.3) is 0 Å². The van der Waals surface area contributed by atoms with Gasteiger partial charge in [-0.1, -0.05) is 19.3 Å². The third-order valence-corrected chi connectivity index (χ3v) is 5.69. The summed E-state index contributed by atoms with van der Waals surface area (Å²) >= 11 is 0. The maximum Gasteiger partial charge on any atom is 0.234 e. The van der Waals surface area contributed by atoms with Crippen molar-refractivity contribution in [2.45, 2.75) is 57.5 Å². The van der Waals surface area contributed by atoms with Gasteiger partial charge in [0.2, 0.25) is 5.91 Å². The Bertz CT molecular complexity index is 556. The van der Waals surface area contributed by atoms with Gasteiger partial charge in [0.25, 0.3) is 0 Å². The van der Waals surface area contributed by atoms with E-state index >= 15 is 0 Å². The molecule has 1 aliphatic carbocycles. The van der Waals surface area contributed by atoms with Gasteiger partial charge in [-0.05, 0) is 19.8 Å². The Hall–Kier alpha value is -1.40. The van der Waals surface area contributed by atoms with E-state index in [9.17, 15) is 4.79 Å². The van der Waals surface area contributed by atoms with E-state index in [2.05, 4.69) is 16.0 Å². The molecule has 1 amide bonds. The minimum absolute atomic E-state index is 0.164. The predicted octanol–water partition coefficient (Wildman–Crippen LogP) is 1.46. The number of primary amides is 1. The molecule has 6 nitrogen and oxygen atoms in total. The summed E-state index contributed by atoms with van der Waals surface area (Å²) < 4.78 is 1.98. The summed E-state index contributed by atoms with van der Waals surface area (Å²) in [5.41, 5.74) is 8.14. The standard InChI is InChI=1S/C18H31N5O/c1-14(18(19)24)23-10-8-22(9-11-23)13-16-12-21(2)20-17(16)15-6-4-3-5-7-15/h12,14-15H,3-11,13H2,1-2H3,(H2,19,24)/t14-/m1/s1. The van der Waals surface area contributed by atoms with Gasteiger partial charge in [0.15, 0.2) is 0 Å². The summed E-state index contributed by atoms with van der Waals surface area (Å²) in [6.07, 6.45) is 8.82. The Labute approximate surface area is 145 Å². The number of amides is 1. The molecule has 1 aliphatic heterocycles. The molecule has 2 fully saturated rings. The normalized spacial score (nSPS) is 22.6. The van der Waals surface area contributed by atoms with Crippen molar-refractivity contribution in [2.75, 3.05) is 26.2 Å². The molecular weight excluding hydrogens is 302 g/mol. The second-order valence-electron chi connectivity index (χ2n) is 7.44. The number of piperazine rings is 1. The molecule has 134 valence electrons. The van der Waals surface area contributed by atoms with Gasteiger partial charge in [-0.2, -0.15) is 5.10 Å². The summed E-state index contributed by atoms with van der Waals surface area (Å²) in [6.45, 7) is 6.65. The molecule has 1 saturated heterocycles. The Morgan fingerprint density at radius 1 is 1.25 bits per heavy atom. The molecule has 0 unspecified atom stereocenters. The second-order valence-corrected chi connectivity index (χ2v) is 7.44. The number of aryl methyl sites for hydroxylation is 1. The quantitative estimate of drug-likeness (QED) is 0.886. The van der Waals surface area contributed by atoms with Crippen LogP contribution in [0.4, 0.5) is 0 Å². The Morgan fingerprint density at radius 3 is 2.54 bits per heavy atom. The minimum atomic E-state index is -0.227. The van der Waals surface area contributed by atoms with E-state index in [0.717, 1.165) is 32.7 Å². The van der Waals surface area contributed by atoms with E-state index < -0.39 is 0 Å². The number of aromatic nitrogens is 2. The van der Waals surface area contributed by atoms with E-state index in [-0.39, 0.29) is 11.9 Å². The van der Waals surface area contributed by atoms with Crippen molar-refractivity contribution in [3.05, 3.63) is 17.5 Å². The molecule has 0 aromatic carbocycles. The molecule has 2 heterocycles. The largest absolute Gasteiger partial charge is 0.368 e. The van der Waals surface area contributed by atoms with Crippen LogP contribution in [0.1, 0.15) is 56.2 Å². The smallest absolute Gasteiger partial charge is 0.234 e. The Kier molecular flexibility index (Phi) is 5.56. The molecule has 6 heteroatoms. The first-order chi connectivity index (χ1) is 11.5. The predicted molar refractivity (Wildman–Crippen MR) is 94.5 cm³/mol. The van der Waals surface area contributed by atoms with E-state index in [0.29, 0.717) is 5.92 Å². The first-order valence-corrected chi connectivity index (χ1v) is 9.32. The summed E-state index contributed by atoms with van der Waals surface area (Å²) in [6, 6.07) is -0.164. The highest BCUT2D eigenvalue weighted by molar-refractivity contribution is 5.79. The first-order valence-electron chi connectivity index (χ1n) is 9.32. The SMILES string of the molecule is C[C@H](C(N)=O)N1CCN(Cc2cn(C)nc2C2CCCCC2)CC1. The third kappa shape index (κ3) is 3.98. The molecule has 2 N–H and O–H groups in total.